The SMILES string of the molecule is COc1ccc(/C=C/C(=O)O)cc1S(=O)(=O)Nc1cccc(F)c1. The van der Waals surface area contributed by atoms with Gasteiger partial charge in [-0.2, -0.15) is 0 Å². The van der Waals surface area contributed by atoms with Crippen molar-refractivity contribution in [1.29, 1.82) is 0 Å². The maximum atomic E-state index is 13.2. The smallest absolute Gasteiger partial charge is 0.328 e. The van der Waals surface area contributed by atoms with E-state index >= 15 is 0 Å². The van der Waals surface area contributed by atoms with E-state index in [1.54, 1.807) is 0 Å². The van der Waals surface area contributed by atoms with Crippen LogP contribution in [0, 0.1) is 5.82 Å². The molecule has 126 valence electrons. The number of sulfonamides is 1. The fourth-order valence-corrected chi connectivity index (χ4v) is 3.19. The number of hydrogen-bond donors (Lipinski definition) is 2. The number of halogens is 1. The zero-order chi connectivity index (χ0) is 17.7. The molecule has 0 saturated carbocycles. The Hall–Kier alpha value is -2.87. The van der Waals surface area contributed by atoms with E-state index in [-0.39, 0.29) is 16.3 Å². The molecule has 0 aromatic heterocycles. The van der Waals surface area contributed by atoms with Crippen LogP contribution in [0.4, 0.5) is 10.1 Å². The fraction of sp³-hybridized carbons (Fsp3) is 0.0625. The van der Waals surface area contributed by atoms with E-state index in [4.69, 9.17) is 9.84 Å². The molecule has 24 heavy (non-hydrogen) atoms. The van der Waals surface area contributed by atoms with Crippen LogP contribution in [0.1, 0.15) is 5.56 Å². The van der Waals surface area contributed by atoms with E-state index < -0.39 is 21.8 Å². The molecule has 0 aliphatic heterocycles. The number of carboxylic acid groups (broad SMARTS) is 1. The van der Waals surface area contributed by atoms with E-state index in [1.165, 1.54) is 49.6 Å². The van der Waals surface area contributed by atoms with Crippen LogP contribution in [-0.4, -0.2) is 26.6 Å². The van der Waals surface area contributed by atoms with Crippen LogP contribution < -0.4 is 9.46 Å². The summed E-state index contributed by atoms with van der Waals surface area (Å²) in [6, 6.07) is 9.19. The van der Waals surface area contributed by atoms with E-state index in [2.05, 4.69) is 4.72 Å². The summed E-state index contributed by atoms with van der Waals surface area (Å²) in [5.74, 6) is -1.67. The van der Waals surface area contributed by atoms with Crippen LogP contribution in [0.5, 0.6) is 5.75 Å². The van der Waals surface area contributed by atoms with Crippen molar-refractivity contribution in [1.82, 2.24) is 0 Å². The molecule has 0 fully saturated rings. The van der Waals surface area contributed by atoms with Crippen LogP contribution in [-0.2, 0) is 14.8 Å². The highest BCUT2D eigenvalue weighted by Crippen LogP contribution is 2.27. The largest absolute Gasteiger partial charge is 0.495 e. The molecule has 2 N–H and O–H groups in total. The van der Waals surface area contributed by atoms with Crippen LogP contribution in [0.2, 0.25) is 0 Å². The molecule has 0 atom stereocenters. The number of carboxylic acids is 1. The molecule has 2 aromatic carbocycles. The Balaban J connectivity index is 2.43. The lowest BCUT2D eigenvalue weighted by Gasteiger charge is -2.12. The van der Waals surface area contributed by atoms with Gasteiger partial charge in [-0.25, -0.2) is 17.6 Å². The van der Waals surface area contributed by atoms with Gasteiger partial charge < -0.3 is 9.84 Å². The van der Waals surface area contributed by atoms with Crippen molar-refractivity contribution < 1.29 is 27.4 Å². The lowest BCUT2D eigenvalue weighted by molar-refractivity contribution is -0.131. The lowest BCUT2D eigenvalue weighted by Crippen LogP contribution is -2.14. The molecule has 6 nitrogen and oxygen atoms in total. The van der Waals surface area contributed by atoms with Gasteiger partial charge in [-0.3, -0.25) is 4.72 Å². The van der Waals surface area contributed by atoms with Crippen molar-refractivity contribution in [3.8, 4) is 5.75 Å². The molecule has 0 saturated heterocycles. The summed E-state index contributed by atoms with van der Waals surface area (Å²) in [5.41, 5.74) is 0.418. The molecule has 0 amide bonds. The highest BCUT2D eigenvalue weighted by molar-refractivity contribution is 7.92. The number of carbonyl (C=O) groups is 1. The minimum atomic E-state index is -4.06. The molecular formula is C16H14FNO5S. The van der Waals surface area contributed by atoms with Crippen molar-refractivity contribution in [2.24, 2.45) is 0 Å². The number of methoxy groups -OCH3 is 1. The van der Waals surface area contributed by atoms with Crippen LogP contribution in [0.15, 0.2) is 53.4 Å². The number of ether oxygens (including phenoxy) is 1. The average molecular weight is 351 g/mol. The number of hydrogen-bond acceptors (Lipinski definition) is 4. The Morgan fingerprint density at radius 3 is 2.62 bits per heavy atom. The van der Waals surface area contributed by atoms with Gasteiger partial charge in [0, 0.05) is 6.08 Å². The minimum absolute atomic E-state index is 0.0588. The van der Waals surface area contributed by atoms with Gasteiger partial charge in [0.1, 0.15) is 16.5 Å². The summed E-state index contributed by atoms with van der Waals surface area (Å²) >= 11 is 0. The van der Waals surface area contributed by atoms with Crippen LogP contribution in [0.25, 0.3) is 6.08 Å². The number of benzene rings is 2. The fourth-order valence-electron chi connectivity index (χ4n) is 1.94. The molecular weight excluding hydrogens is 337 g/mol. The van der Waals surface area contributed by atoms with E-state index in [9.17, 15) is 17.6 Å². The Morgan fingerprint density at radius 2 is 2.00 bits per heavy atom. The maximum Gasteiger partial charge on any atom is 0.328 e. The van der Waals surface area contributed by atoms with Crippen molar-refractivity contribution in [2.45, 2.75) is 4.90 Å². The summed E-state index contributed by atoms with van der Waals surface area (Å²) in [6.45, 7) is 0. The average Bonchev–Trinajstić information content (AvgIpc) is 2.52. The summed E-state index contributed by atoms with van der Waals surface area (Å²) in [5, 5.41) is 8.65. The second-order valence-corrected chi connectivity index (χ2v) is 6.35. The Kier molecular flexibility index (Phi) is 5.20. The molecule has 0 heterocycles. The van der Waals surface area contributed by atoms with Gasteiger partial charge in [0.2, 0.25) is 0 Å². The normalized spacial score (nSPS) is 11.4. The van der Waals surface area contributed by atoms with Gasteiger partial charge in [0.15, 0.2) is 0 Å². The molecule has 0 aliphatic carbocycles. The zero-order valence-corrected chi connectivity index (χ0v) is 13.4. The molecule has 2 aromatic rings. The summed E-state index contributed by atoms with van der Waals surface area (Å²) in [4.78, 5) is 10.4. The molecule has 0 spiro atoms. The van der Waals surface area contributed by atoms with Gasteiger partial charge in [-0.05, 0) is 42.0 Å². The first-order valence-electron chi connectivity index (χ1n) is 6.69. The predicted octanol–water partition coefficient (Wildman–Crippen LogP) is 2.73. The number of rotatable bonds is 6. The molecule has 2 rings (SSSR count). The zero-order valence-electron chi connectivity index (χ0n) is 12.6. The molecule has 0 aliphatic rings. The number of nitrogens with one attached hydrogen (secondary N) is 1. The lowest BCUT2D eigenvalue weighted by atomic mass is 10.2. The quantitative estimate of drug-likeness (QED) is 0.781. The first-order chi connectivity index (χ1) is 11.3. The van der Waals surface area contributed by atoms with Crippen molar-refractivity contribution in [2.75, 3.05) is 11.8 Å². The third kappa shape index (κ3) is 4.32. The van der Waals surface area contributed by atoms with E-state index in [1.807, 2.05) is 0 Å². The Morgan fingerprint density at radius 1 is 1.25 bits per heavy atom. The predicted molar refractivity (Wildman–Crippen MR) is 86.9 cm³/mol. The third-order valence-electron chi connectivity index (χ3n) is 2.97. The van der Waals surface area contributed by atoms with Crippen molar-refractivity contribution in [3.05, 3.63) is 59.9 Å². The van der Waals surface area contributed by atoms with E-state index in [0.717, 1.165) is 12.1 Å². The summed E-state index contributed by atoms with van der Waals surface area (Å²) in [6.07, 6.45) is 2.14. The number of aliphatic carboxylic acids is 1. The van der Waals surface area contributed by atoms with Gasteiger partial charge in [-0.1, -0.05) is 12.1 Å². The van der Waals surface area contributed by atoms with E-state index in [0.29, 0.717) is 5.56 Å². The Bertz CT molecular complexity index is 893. The first kappa shape index (κ1) is 17.5. The Labute approximate surface area is 138 Å². The third-order valence-corrected chi connectivity index (χ3v) is 4.37. The summed E-state index contributed by atoms with van der Waals surface area (Å²) < 4.78 is 45.6. The van der Waals surface area contributed by atoms with Crippen molar-refractivity contribution in [3.63, 3.8) is 0 Å². The first-order valence-corrected chi connectivity index (χ1v) is 8.17. The second-order valence-electron chi connectivity index (χ2n) is 4.70. The summed E-state index contributed by atoms with van der Waals surface area (Å²) in [7, 11) is -2.75. The van der Waals surface area contributed by atoms with Crippen LogP contribution >= 0.6 is 0 Å². The molecule has 8 heteroatoms. The van der Waals surface area contributed by atoms with Gasteiger partial charge >= 0.3 is 5.97 Å². The molecule has 0 unspecified atom stereocenters. The van der Waals surface area contributed by atoms with Gasteiger partial charge in [0.25, 0.3) is 10.0 Å². The monoisotopic (exact) mass is 351 g/mol. The van der Waals surface area contributed by atoms with Crippen molar-refractivity contribution >= 4 is 27.8 Å². The standard InChI is InChI=1S/C16H14FNO5S/c1-23-14-7-5-11(6-8-16(19)20)9-15(14)24(21,22)18-13-4-2-3-12(17)10-13/h2-10,18H,1H3,(H,19,20)/b8-6+. The highest BCUT2D eigenvalue weighted by Gasteiger charge is 2.20. The number of anilines is 1. The van der Waals surface area contributed by atoms with Gasteiger partial charge in [-0.15, -0.1) is 0 Å². The molecule has 0 bridgehead atoms. The van der Waals surface area contributed by atoms with Gasteiger partial charge in [0.05, 0.1) is 12.8 Å². The molecule has 0 radical (unpaired) electrons. The minimum Gasteiger partial charge on any atom is -0.495 e. The highest BCUT2D eigenvalue weighted by atomic mass is 32.2. The van der Waals surface area contributed by atoms with Crippen LogP contribution in [0.3, 0.4) is 0 Å². The second kappa shape index (κ2) is 7.14. The maximum absolute atomic E-state index is 13.2. The topological polar surface area (TPSA) is 92.7 Å².